The SMILES string of the molecule is CC1C(=O)NC(=O)C1C(C)c1ccc(O)c2ccccc12. The molecule has 2 aromatic rings. The molecule has 1 heterocycles. The van der Waals surface area contributed by atoms with Gasteiger partial charge in [-0.25, -0.2) is 0 Å². The van der Waals surface area contributed by atoms with E-state index in [4.69, 9.17) is 0 Å². The second-order valence-electron chi connectivity index (χ2n) is 5.68. The average Bonchev–Trinajstić information content (AvgIpc) is 2.72. The Morgan fingerprint density at radius 2 is 1.71 bits per heavy atom. The number of carbonyl (C=O) groups is 2. The molecule has 1 aliphatic rings. The largest absolute Gasteiger partial charge is 0.507 e. The lowest BCUT2D eigenvalue weighted by Crippen LogP contribution is -2.24. The molecule has 1 fully saturated rings. The molecule has 0 spiro atoms. The third-order valence-electron chi connectivity index (χ3n) is 4.47. The molecule has 0 bridgehead atoms. The van der Waals surface area contributed by atoms with Crippen molar-refractivity contribution in [1.29, 1.82) is 0 Å². The molecular formula is C17H17NO3. The third-order valence-corrected chi connectivity index (χ3v) is 4.47. The number of amides is 2. The summed E-state index contributed by atoms with van der Waals surface area (Å²) in [5, 5.41) is 14.0. The number of hydrogen-bond donors (Lipinski definition) is 2. The van der Waals surface area contributed by atoms with E-state index >= 15 is 0 Å². The Bertz CT molecular complexity index is 738. The third kappa shape index (κ3) is 2.07. The fraction of sp³-hybridized carbons (Fsp3) is 0.294. The van der Waals surface area contributed by atoms with Gasteiger partial charge in [-0.15, -0.1) is 0 Å². The summed E-state index contributed by atoms with van der Waals surface area (Å²) in [6.07, 6.45) is 0. The van der Waals surface area contributed by atoms with Crippen molar-refractivity contribution in [2.75, 3.05) is 0 Å². The Balaban J connectivity index is 2.11. The number of phenols is 1. The molecule has 3 atom stereocenters. The monoisotopic (exact) mass is 283 g/mol. The molecule has 3 rings (SSSR count). The van der Waals surface area contributed by atoms with E-state index in [0.29, 0.717) is 0 Å². The Morgan fingerprint density at radius 1 is 1.05 bits per heavy atom. The lowest BCUT2D eigenvalue weighted by atomic mass is 9.79. The van der Waals surface area contributed by atoms with Crippen LogP contribution in [0.25, 0.3) is 10.8 Å². The van der Waals surface area contributed by atoms with Gasteiger partial charge in [-0.1, -0.05) is 44.2 Å². The number of hydrogen-bond acceptors (Lipinski definition) is 3. The molecule has 1 saturated heterocycles. The van der Waals surface area contributed by atoms with E-state index in [0.717, 1.165) is 16.3 Å². The molecule has 4 heteroatoms. The first-order valence-electron chi connectivity index (χ1n) is 7.06. The van der Waals surface area contributed by atoms with Crippen molar-refractivity contribution < 1.29 is 14.7 Å². The molecular weight excluding hydrogens is 266 g/mol. The maximum Gasteiger partial charge on any atom is 0.231 e. The van der Waals surface area contributed by atoms with E-state index in [1.165, 1.54) is 0 Å². The Kier molecular flexibility index (Phi) is 3.16. The molecule has 4 nitrogen and oxygen atoms in total. The van der Waals surface area contributed by atoms with Gasteiger partial charge in [0.1, 0.15) is 5.75 Å². The number of fused-ring (bicyclic) bond motifs is 1. The van der Waals surface area contributed by atoms with Crippen molar-refractivity contribution >= 4 is 22.6 Å². The minimum absolute atomic E-state index is 0.100. The van der Waals surface area contributed by atoms with Crippen LogP contribution in [0.2, 0.25) is 0 Å². The van der Waals surface area contributed by atoms with Crippen LogP contribution in [0.15, 0.2) is 36.4 Å². The van der Waals surface area contributed by atoms with Gasteiger partial charge in [0.05, 0.1) is 5.92 Å². The molecule has 0 aromatic heterocycles. The number of rotatable bonds is 2. The van der Waals surface area contributed by atoms with Gasteiger partial charge in [0.15, 0.2) is 0 Å². The summed E-state index contributed by atoms with van der Waals surface area (Å²) in [7, 11) is 0. The number of benzene rings is 2. The predicted molar refractivity (Wildman–Crippen MR) is 79.8 cm³/mol. The van der Waals surface area contributed by atoms with Crippen molar-refractivity contribution in [2.24, 2.45) is 11.8 Å². The highest BCUT2D eigenvalue weighted by Crippen LogP contribution is 2.38. The zero-order valence-corrected chi connectivity index (χ0v) is 12.0. The average molecular weight is 283 g/mol. The topological polar surface area (TPSA) is 66.4 Å². The van der Waals surface area contributed by atoms with Crippen LogP contribution in [0.4, 0.5) is 0 Å². The number of phenolic OH excluding ortho intramolecular Hbond substituents is 1. The van der Waals surface area contributed by atoms with Crippen molar-refractivity contribution in [3.63, 3.8) is 0 Å². The predicted octanol–water partition coefficient (Wildman–Crippen LogP) is 2.56. The molecule has 21 heavy (non-hydrogen) atoms. The number of carbonyl (C=O) groups excluding carboxylic acids is 2. The van der Waals surface area contributed by atoms with E-state index in [2.05, 4.69) is 5.32 Å². The lowest BCUT2D eigenvalue weighted by molar-refractivity contribution is -0.126. The van der Waals surface area contributed by atoms with Crippen molar-refractivity contribution in [2.45, 2.75) is 19.8 Å². The molecule has 3 unspecified atom stereocenters. The smallest absolute Gasteiger partial charge is 0.231 e. The van der Waals surface area contributed by atoms with Crippen molar-refractivity contribution in [1.82, 2.24) is 5.32 Å². The minimum atomic E-state index is -0.370. The highest BCUT2D eigenvalue weighted by atomic mass is 16.3. The molecule has 2 amide bonds. The van der Waals surface area contributed by atoms with Gasteiger partial charge in [0.25, 0.3) is 0 Å². The van der Waals surface area contributed by atoms with Crippen LogP contribution in [0, 0.1) is 11.8 Å². The molecule has 2 aromatic carbocycles. The second-order valence-corrected chi connectivity index (χ2v) is 5.68. The van der Waals surface area contributed by atoms with E-state index in [1.807, 2.05) is 37.3 Å². The maximum absolute atomic E-state index is 12.0. The van der Waals surface area contributed by atoms with Gasteiger partial charge in [0.2, 0.25) is 11.8 Å². The minimum Gasteiger partial charge on any atom is -0.507 e. The molecule has 2 N–H and O–H groups in total. The first-order valence-corrected chi connectivity index (χ1v) is 7.06. The van der Waals surface area contributed by atoms with Gasteiger partial charge in [0, 0.05) is 11.3 Å². The summed E-state index contributed by atoms with van der Waals surface area (Å²) in [5.41, 5.74) is 0.977. The van der Waals surface area contributed by atoms with Crippen LogP contribution >= 0.6 is 0 Å². The molecule has 0 saturated carbocycles. The Hall–Kier alpha value is -2.36. The normalized spacial score (nSPS) is 23.3. The second kappa shape index (κ2) is 4.88. The summed E-state index contributed by atoms with van der Waals surface area (Å²) < 4.78 is 0. The number of imide groups is 1. The molecule has 1 aliphatic heterocycles. The molecule has 108 valence electrons. The van der Waals surface area contributed by atoms with E-state index < -0.39 is 0 Å². The van der Waals surface area contributed by atoms with Crippen LogP contribution in [0.5, 0.6) is 5.75 Å². The summed E-state index contributed by atoms with van der Waals surface area (Å²) in [6, 6.07) is 11.0. The number of aromatic hydroxyl groups is 1. The Labute approximate surface area is 122 Å². The molecule has 0 aliphatic carbocycles. The van der Waals surface area contributed by atoms with E-state index in [-0.39, 0.29) is 35.3 Å². The summed E-state index contributed by atoms with van der Waals surface area (Å²) in [4.78, 5) is 23.7. The summed E-state index contributed by atoms with van der Waals surface area (Å²) >= 11 is 0. The Morgan fingerprint density at radius 3 is 2.33 bits per heavy atom. The first kappa shape index (κ1) is 13.6. The zero-order valence-electron chi connectivity index (χ0n) is 12.0. The van der Waals surface area contributed by atoms with Gasteiger partial charge in [-0.2, -0.15) is 0 Å². The number of nitrogens with one attached hydrogen (secondary N) is 1. The fourth-order valence-corrected chi connectivity index (χ4v) is 3.27. The van der Waals surface area contributed by atoms with Crippen LogP contribution in [0.1, 0.15) is 25.3 Å². The standard InChI is InChI=1S/C17H17NO3/c1-9(15-10(2)16(20)18-17(15)21)11-7-8-14(19)13-6-4-3-5-12(11)13/h3-10,15,19H,1-2H3,(H,18,20,21). The van der Waals surface area contributed by atoms with Gasteiger partial charge >= 0.3 is 0 Å². The van der Waals surface area contributed by atoms with Crippen molar-refractivity contribution in [3.8, 4) is 5.75 Å². The summed E-state index contributed by atoms with van der Waals surface area (Å²) in [5.74, 6) is -0.999. The highest BCUT2D eigenvalue weighted by molar-refractivity contribution is 6.05. The molecule has 0 radical (unpaired) electrons. The van der Waals surface area contributed by atoms with E-state index in [1.54, 1.807) is 13.0 Å². The van der Waals surface area contributed by atoms with Gasteiger partial charge < -0.3 is 5.11 Å². The van der Waals surface area contributed by atoms with Gasteiger partial charge in [-0.05, 0) is 22.9 Å². The van der Waals surface area contributed by atoms with Crippen LogP contribution < -0.4 is 5.32 Å². The first-order chi connectivity index (χ1) is 10.0. The fourth-order valence-electron chi connectivity index (χ4n) is 3.27. The van der Waals surface area contributed by atoms with Crippen molar-refractivity contribution in [3.05, 3.63) is 42.0 Å². The van der Waals surface area contributed by atoms with Crippen LogP contribution in [-0.2, 0) is 9.59 Å². The zero-order chi connectivity index (χ0) is 15.1. The van der Waals surface area contributed by atoms with Crippen LogP contribution in [0.3, 0.4) is 0 Å². The van der Waals surface area contributed by atoms with Gasteiger partial charge in [-0.3, -0.25) is 14.9 Å². The summed E-state index contributed by atoms with van der Waals surface area (Å²) in [6.45, 7) is 3.74. The maximum atomic E-state index is 12.0. The quantitative estimate of drug-likeness (QED) is 0.832. The van der Waals surface area contributed by atoms with Crippen LogP contribution in [-0.4, -0.2) is 16.9 Å². The highest BCUT2D eigenvalue weighted by Gasteiger charge is 2.42. The van der Waals surface area contributed by atoms with E-state index in [9.17, 15) is 14.7 Å². The lowest BCUT2D eigenvalue weighted by Gasteiger charge is -2.22.